The quantitative estimate of drug-likeness (QED) is 0.659. The van der Waals surface area contributed by atoms with Gasteiger partial charge in [-0.15, -0.1) is 0 Å². The predicted octanol–water partition coefficient (Wildman–Crippen LogP) is -0.445. The summed E-state index contributed by atoms with van der Waals surface area (Å²) in [4.78, 5) is 24.8. The van der Waals surface area contributed by atoms with Gasteiger partial charge < -0.3 is 20.5 Å². The monoisotopic (exact) mass is 273 g/mol. The Morgan fingerprint density at radius 3 is 2.63 bits per heavy atom. The molecule has 0 saturated carbocycles. The summed E-state index contributed by atoms with van der Waals surface area (Å²) in [5.74, 6) is -0.0636. The average Bonchev–Trinajstić information content (AvgIpc) is 2.38. The Balaban J connectivity index is 2.56. The van der Waals surface area contributed by atoms with Crippen molar-refractivity contribution in [2.75, 3.05) is 40.4 Å². The maximum Gasteiger partial charge on any atom is 0.407 e. The van der Waals surface area contributed by atoms with Gasteiger partial charge in [0, 0.05) is 38.6 Å². The standard InChI is InChI=1S/C12H23N3O4/c1-18-11(16)6-9-5-10(14-12(17)19-2)8-15(7-9)4-3-13/h9-10H,3-8,13H2,1-2H3,(H,14,17). The first kappa shape index (κ1) is 15.7. The van der Waals surface area contributed by atoms with Crippen LogP contribution in [0.5, 0.6) is 0 Å². The zero-order valence-corrected chi connectivity index (χ0v) is 11.6. The summed E-state index contributed by atoms with van der Waals surface area (Å²) in [6, 6.07) is -0.0255. The van der Waals surface area contributed by atoms with Gasteiger partial charge in [0.1, 0.15) is 0 Å². The third-order valence-corrected chi connectivity index (χ3v) is 3.25. The van der Waals surface area contributed by atoms with E-state index in [2.05, 4.69) is 15.0 Å². The van der Waals surface area contributed by atoms with E-state index in [-0.39, 0.29) is 17.9 Å². The van der Waals surface area contributed by atoms with Crippen LogP contribution in [0.4, 0.5) is 4.79 Å². The van der Waals surface area contributed by atoms with E-state index in [1.807, 2.05) is 0 Å². The topological polar surface area (TPSA) is 93.9 Å². The van der Waals surface area contributed by atoms with E-state index in [0.717, 1.165) is 26.1 Å². The third kappa shape index (κ3) is 5.44. The van der Waals surface area contributed by atoms with Crippen molar-refractivity contribution in [3.63, 3.8) is 0 Å². The van der Waals surface area contributed by atoms with Crippen LogP contribution in [-0.2, 0) is 14.3 Å². The highest BCUT2D eigenvalue weighted by Crippen LogP contribution is 2.20. The summed E-state index contributed by atoms with van der Waals surface area (Å²) in [5.41, 5.74) is 5.56. The molecule has 0 aromatic rings. The molecule has 0 aromatic heterocycles. The molecule has 0 spiro atoms. The average molecular weight is 273 g/mol. The summed E-state index contributed by atoms with van der Waals surface area (Å²) < 4.78 is 9.29. The Labute approximate surface area is 113 Å². The molecule has 0 bridgehead atoms. The van der Waals surface area contributed by atoms with Gasteiger partial charge in [-0.05, 0) is 12.3 Å². The van der Waals surface area contributed by atoms with Gasteiger partial charge in [0.25, 0.3) is 0 Å². The second kappa shape index (κ2) is 7.96. The van der Waals surface area contributed by atoms with E-state index in [9.17, 15) is 9.59 Å². The van der Waals surface area contributed by atoms with Crippen molar-refractivity contribution in [1.29, 1.82) is 0 Å². The Hall–Kier alpha value is -1.34. The minimum absolute atomic E-state index is 0.0255. The van der Waals surface area contributed by atoms with Crippen LogP contribution >= 0.6 is 0 Å². The highest BCUT2D eigenvalue weighted by molar-refractivity contribution is 5.69. The predicted molar refractivity (Wildman–Crippen MR) is 69.6 cm³/mol. The van der Waals surface area contributed by atoms with Crippen LogP contribution in [0, 0.1) is 5.92 Å². The number of hydrogen-bond donors (Lipinski definition) is 2. The number of carbonyl (C=O) groups is 2. The number of esters is 1. The number of nitrogens with one attached hydrogen (secondary N) is 1. The van der Waals surface area contributed by atoms with Crippen LogP contribution in [0.3, 0.4) is 0 Å². The molecule has 1 aliphatic rings. The minimum atomic E-state index is -0.448. The maximum atomic E-state index is 11.4. The minimum Gasteiger partial charge on any atom is -0.469 e. The Morgan fingerprint density at radius 1 is 1.32 bits per heavy atom. The van der Waals surface area contributed by atoms with Gasteiger partial charge in [-0.3, -0.25) is 9.69 Å². The van der Waals surface area contributed by atoms with E-state index >= 15 is 0 Å². The fourth-order valence-corrected chi connectivity index (χ4v) is 2.47. The molecular weight excluding hydrogens is 250 g/mol. The molecule has 7 nitrogen and oxygen atoms in total. The molecule has 0 aliphatic carbocycles. The van der Waals surface area contributed by atoms with Gasteiger partial charge in [0.2, 0.25) is 0 Å². The van der Waals surface area contributed by atoms with Gasteiger partial charge >= 0.3 is 12.1 Å². The van der Waals surface area contributed by atoms with E-state index in [1.54, 1.807) is 0 Å². The molecule has 1 aliphatic heterocycles. The lowest BCUT2D eigenvalue weighted by Crippen LogP contribution is -2.52. The number of alkyl carbamates (subject to hydrolysis) is 1. The molecule has 0 aromatic carbocycles. The van der Waals surface area contributed by atoms with Crippen molar-refractivity contribution in [1.82, 2.24) is 10.2 Å². The Bertz CT molecular complexity index is 285. The van der Waals surface area contributed by atoms with Crippen molar-refractivity contribution in [2.45, 2.75) is 18.9 Å². The first-order valence-corrected chi connectivity index (χ1v) is 6.42. The molecule has 1 saturated heterocycles. The zero-order chi connectivity index (χ0) is 14.3. The molecule has 110 valence electrons. The van der Waals surface area contributed by atoms with Crippen LogP contribution in [0.15, 0.2) is 0 Å². The summed E-state index contributed by atoms with van der Waals surface area (Å²) >= 11 is 0. The van der Waals surface area contributed by atoms with Crippen molar-refractivity contribution in [2.24, 2.45) is 11.7 Å². The van der Waals surface area contributed by atoms with Crippen LogP contribution in [0.1, 0.15) is 12.8 Å². The smallest absolute Gasteiger partial charge is 0.407 e. The van der Waals surface area contributed by atoms with Gasteiger partial charge in [-0.1, -0.05) is 0 Å². The number of carbonyl (C=O) groups excluding carboxylic acids is 2. The lowest BCUT2D eigenvalue weighted by molar-refractivity contribution is -0.142. The Kier molecular flexibility index (Phi) is 6.58. The molecule has 7 heteroatoms. The molecular formula is C12H23N3O4. The first-order chi connectivity index (χ1) is 9.08. The maximum absolute atomic E-state index is 11.4. The SMILES string of the molecule is COC(=O)CC1CC(NC(=O)OC)CN(CCN)C1. The number of nitrogens with two attached hydrogens (primary N) is 1. The van der Waals surface area contributed by atoms with E-state index in [1.165, 1.54) is 14.2 Å². The first-order valence-electron chi connectivity index (χ1n) is 6.42. The summed E-state index contributed by atoms with van der Waals surface area (Å²) in [6.07, 6.45) is 0.652. The van der Waals surface area contributed by atoms with Crippen LogP contribution < -0.4 is 11.1 Å². The van der Waals surface area contributed by atoms with Crippen molar-refractivity contribution in [3.8, 4) is 0 Å². The molecule has 2 unspecified atom stereocenters. The number of amides is 1. The number of piperidine rings is 1. The van der Waals surface area contributed by atoms with E-state index < -0.39 is 6.09 Å². The van der Waals surface area contributed by atoms with Crippen LogP contribution in [0.2, 0.25) is 0 Å². The normalized spacial score (nSPS) is 23.7. The van der Waals surface area contributed by atoms with Crippen molar-refractivity contribution >= 4 is 12.1 Å². The molecule has 1 rings (SSSR count). The summed E-state index contributed by atoms with van der Waals surface area (Å²) in [5, 5.41) is 2.78. The van der Waals surface area contributed by atoms with Gasteiger partial charge in [0.15, 0.2) is 0 Å². The highest BCUT2D eigenvalue weighted by Gasteiger charge is 2.29. The van der Waals surface area contributed by atoms with Gasteiger partial charge in [-0.2, -0.15) is 0 Å². The van der Waals surface area contributed by atoms with Crippen molar-refractivity contribution in [3.05, 3.63) is 0 Å². The number of rotatable bonds is 5. The molecule has 2 atom stereocenters. The van der Waals surface area contributed by atoms with Crippen LogP contribution in [-0.4, -0.2) is 63.4 Å². The lowest BCUT2D eigenvalue weighted by Gasteiger charge is -2.37. The number of likely N-dealkylation sites (tertiary alicyclic amines) is 1. The van der Waals surface area contributed by atoms with E-state index in [0.29, 0.717) is 13.0 Å². The number of methoxy groups -OCH3 is 2. The number of hydrogen-bond acceptors (Lipinski definition) is 6. The zero-order valence-electron chi connectivity index (χ0n) is 11.6. The molecule has 1 amide bonds. The molecule has 19 heavy (non-hydrogen) atoms. The second-order valence-corrected chi connectivity index (χ2v) is 4.76. The summed E-state index contributed by atoms with van der Waals surface area (Å²) in [6.45, 7) is 2.82. The van der Waals surface area contributed by atoms with Gasteiger partial charge in [-0.25, -0.2) is 4.79 Å². The molecule has 3 N–H and O–H groups in total. The highest BCUT2D eigenvalue weighted by atomic mass is 16.5. The van der Waals surface area contributed by atoms with E-state index in [4.69, 9.17) is 10.5 Å². The molecule has 0 radical (unpaired) electrons. The number of nitrogens with zero attached hydrogens (tertiary/aromatic N) is 1. The fraction of sp³-hybridized carbons (Fsp3) is 0.833. The van der Waals surface area contributed by atoms with Gasteiger partial charge in [0.05, 0.1) is 14.2 Å². The summed E-state index contributed by atoms with van der Waals surface area (Å²) in [7, 11) is 2.72. The largest absolute Gasteiger partial charge is 0.469 e. The molecule has 1 fully saturated rings. The fourth-order valence-electron chi connectivity index (χ4n) is 2.47. The van der Waals surface area contributed by atoms with Crippen LogP contribution in [0.25, 0.3) is 0 Å². The van der Waals surface area contributed by atoms with Crippen molar-refractivity contribution < 1.29 is 19.1 Å². The Morgan fingerprint density at radius 2 is 2.05 bits per heavy atom. The second-order valence-electron chi connectivity index (χ2n) is 4.76. The lowest BCUT2D eigenvalue weighted by atomic mass is 9.91. The third-order valence-electron chi connectivity index (χ3n) is 3.25. The molecule has 1 heterocycles. The number of ether oxygens (including phenoxy) is 2.